The van der Waals surface area contributed by atoms with E-state index in [2.05, 4.69) is 125 Å². The van der Waals surface area contributed by atoms with Crippen LogP contribution in [0.3, 0.4) is 0 Å². The van der Waals surface area contributed by atoms with Gasteiger partial charge in [-0.1, -0.05) is 125 Å². The fourth-order valence-corrected chi connectivity index (χ4v) is 6.26. The SMILES string of the molecule is CCC(CC)(c1cc(C(C)(C)C)cc2c1Cc1ccc(C(C)(C)C)cc1-2)C1C=CC(C(C)(C)C)=C1. The zero-order chi connectivity index (χ0) is 26.0. The average molecular weight is 469 g/mol. The van der Waals surface area contributed by atoms with Gasteiger partial charge in [0.1, 0.15) is 0 Å². The molecule has 0 bridgehead atoms. The Kier molecular flexibility index (Phi) is 6.31. The highest BCUT2D eigenvalue weighted by Crippen LogP contribution is 2.51. The van der Waals surface area contributed by atoms with Gasteiger partial charge in [-0.3, -0.25) is 0 Å². The van der Waals surface area contributed by atoms with Crippen LogP contribution in [0.4, 0.5) is 0 Å². The van der Waals surface area contributed by atoms with Gasteiger partial charge >= 0.3 is 0 Å². The summed E-state index contributed by atoms with van der Waals surface area (Å²) in [6.45, 7) is 25.9. The van der Waals surface area contributed by atoms with E-state index in [-0.39, 0.29) is 21.7 Å². The molecule has 1 atom stereocenters. The summed E-state index contributed by atoms with van der Waals surface area (Å²) in [7, 11) is 0. The first-order valence-corrected chi connectivity index (χ1v) is 13.8. The molecule has 2 aliphatic rings. The summed E-state index contributed by atoms with van der Waals surface area (Å²) in [5.41, 5.74) is 12.6. The van der Waals surface area contributed by atoms with Crippen LogP contribution in [0.1, 0.15) is 117 Å². The Morgan fingerprint density at radius 2 is 1.31 bits per heavy atom. The van der Waals surface area contributed by atoms with Crippen molar-refractivity contribution in [3.8, 4) is 11.1 Å². The lowest BCUT2D eigenvalue weighted by molar-refractivity contribution is 0.334. The minimum atomic E-state index is 0.110. The lowest BCUT2D eigenvalue weighted by Gasteiger charge is -2.40. The fourth-order valence-electron chi connectivity index (χ4n) is 6.26. The zero-order valence-electron chi connectivity index (χ0n) is 24.3. The molecule has 0 fully saturated rings. The summed E-state index contributed by atoms with van der Waals surface area (Å²) >= 11 is 0. The Bertz CT molecular complexity index is 1170. The molecule has 0 N–H and O–H groups in total. The first-order chi connectivity index (χ1) is 16.1. The molecule has 0 heteroatoms. The van der Waals surface area contributed by atoms with E-state index in [4.69, 9.17) is 0 Å². The molecule has 0 nitrogen and oxygen atoms in total. The second kappa shape index (κ2) is 8.50. The van der Waals surface area contributed by atoms with Crippen molar-refractivity contribution in [3.63, 3.8) is 0 Å². The molecule has 2 aliphatic carbocycles. The van der Waals surface area contributed by atoms with Crippen molar-refractivity contribution in [1.29, 1.82) is 0 Å². The first kappa shape index (κ1) is 26.0. The molecule has 4 rings (SSSR count). The van der Waals surface area contributed by atoms with Gasteiger partial charge in [-0.05, 0) is 80.0 Å². The van der Waals surface area contributed by atoms with Gasteiger partial charge in [0.25, 0.3) is 0 Å². The molecular weight excluding hydrogens is 420 g/mol. The summed E-state index contributed by atoms with van der Waals surface area (Å²) in [5, 5.41) is 0. The van der Waals surface area contributed by atoms with Gasteiger partial charge in [0.15, 0.2) is 0 Å². The zero-order valence-corrected chi connectivity index (χ0v) is 24.3. The number of hydrogen-bond acceptors (Lipinski definition) is 0. The lowest BCUT2D eigenvalue weighted by Crippen LogP contribution is -2.33. The Balaban J connectivity index is 1.97. The highest BCUT2D eigenvalue weighted by molar-refractivity contribution is 5.80. The van der Waals surface area contributed by atoms with Crippen LogP contribution in [0, 0.1) is 11.3 Å². The summed E-state index contributed by atoms with van der Waals surface area (Å²) in [4.78, 5) is 0. The molecule has 0 spiro atoms. The van der Waals surface area contributed by atoms with Crippen molar-refractivity contribution in [2.45, 2.75) is 112 Å². The van der Waals surface area contributed by atoms with Crippen LogP contribution in [-0.2, 0) is 22.7 Å². The molecule has 0 radical (unpaired) electrons. The molecule has 2 aromatic rings. The quantitative estimate of drug-likeness (QED) is 0.357. The van der Waals surface area contributed by atoms with Crippen molar-refractivity contribution in [2.75, 3.05) is 0 Å². The van der Waals surface area contributed by atoms with E-state index in [1.165, 1.54) is 33.4 Å². The molecular formula is C35H48. The molecule has 2 aromatic carbocycles. The minimum absolute atomic E-state index is 0.110. The Morgan fingerprint density at radius 1 is 0.714 bits per heavy atom. The third-order valence-corrected chi connectivity index (χ3v) is 8.89. The molecule has 0 heterocycles. The number of fused-ring (bicyclic) bond motifs is 3. The number of benzene rings is 2. The van der Waals surface area contributed by atoms with Crippen LogP contribution in [0.2, 0.25) is 0 Å². The maximum Gasteiger partial charge on any atom is 0.00527 e. The van der Waals surface area contributed by atoms with Gasteiger partial charge < -0.3 is 0 Å². The molecule has 0 aromatic heterocycles. The van der Waals surface area contributed by atoms with Crippen molar-refractivity contribution < 1.29 is 0 Å². The minimum Gasteiger partial charge on any atom is -0.0764 e. The monoisotopic (exact) mass is 468 g/mol. The maximum absolute atomic E-state index is 2.60. The van der Waals surface area contributed by atoms with E-state index in [1.807, 2.05) is 0 Å². The van der Waals surface area contributed by atoms with Gasteiger partial charge in [0.2, 0.25) is 0 Å². The average Bonchev–Trinajstić information content (AvgIpc) is 3.39. The number of hydrogen-bond donors (Lipinski definition) is 0. The van der Waals surface area contributed by atoms with E-state index in [0.717, 1.165) is 19.3 Å². The van der Waals surface area contributed by atoms with Crippen molar-refractivity contribution in [1.82, 2.24) is 0 Å². The van der Waals surface area contributed by atoms with E-state index in [9.17, 15) is 0 Å². The second-order valence-corrected chi connectivity index (χ2v) is 14.2. The topological polar surface area (TPSA) is 0 Å². The van der Waals surface area contributed by atoms with E-state index in [1.54, 1.807) is 11.1 Å². The summed E-state index contributed by atoms with van der Waals surface area (Å²) in [5.74, 6) is 0.444. The smallest absolute Gasteiger partial charge is 0.00527 e. The lowest BCUT2D eigenvalue weighted by atomic mass is 9.64. The van der Waals surface area contributed by atoms with Gasteiger partial charge in [0, 0.05) is 11.3 Å². The maximum atomic E-state index is 2.60. The summed E-state index contributed by atoms with van der Waals surface area (Å²) in [6.07, 6.45) is 10.9. The Morgan fingerprint density at radius 3 is 1.83 bits per heavy atom. The predicted molar refractivity (Wildman–Crippen MR) is 155 cm³/mol. The highest BCUT2D eigenvalue weighted by atomic mass is 14.4. The second-order valence-electron chi connectivity index (χ2n) is 14.2. The van der Waals surface area contributed by atoms with Crippen molar-refractivity contribution >= 4 is 0 Å². The van der Waals surface area contributed by atoms with Crippen LogP contribution < -0.4 is 0 Å². The predicted octanol–water partition coefficient (Wildman–Crippen LogP) is 10.1. The summed E-state index contributed by atoms with van der Waals surface area (Å²) < 4.78 is 0. The van der Waals surface area contributed by atoms with Gasteiger partial charge in [-0.2, -0.15) is 0 Å². The third kappa shape index (κ3) is 4.47. The van der Waals surface area contributed by atoms with Crippen molar-refractivity contribution in [3.05, 3.63) is 82.0 Å². The van der Waals surface area contributed by atoms with E-state index >= 15 is 0 Å². The largest absolute Gasteiger partial charge is 0.0764 e. The molecule has 1 unspecified atom stereocenters. The van der Waals surface area contributed by atoms with Crippen molar-refractivity contribution in [2.24, 2.45) is 11.3 Å². The molecule has 0 amide bonds. The van der Waals surface area contributed by atoms with E-state index < -0.39 is 0 Å². The molecule has 35 heavy (non-hydrogen) atoms. The molecule has 188 valence electrons. The standard InChI is InChI=1S/C35H48/c1-12-35(13-2,26-17-16-24(19-26)32(3,4)5)31-22-27(34(9,10)11)21-29-28-20-25(33(6,7)8)15-14-23(28)18-30(29)31/h14-17,19-22,26H,12-13,18H2,1-11H3. The van der Waals surface area contributed by atoms with Crippen LogP contribution >= 0.6 is 0 Å². The first-order valence-electron chi connectivity index (χ1n) is 13.8. The fraction of sp³-hybridized carbons (Fsp3) is 0.543. The summed E-state index contributed by atoms with van der Waals surface area (Å²) in [6, 6.07) is 12.4. The van der Waals surface area contributed by atoms with Gasteiger partial charge in [-0.15, -0.1) is 0 Å². The van der Waals surface area contributed by atoms with Gasteiger partial charge in [0.05, 0.1) is 0 Å². The van der Waals surface area contributed by atoms with Crippen LogP contribution in [0.25, 0.3) is 11.1 Å². The Hall–Kier alpha value is -2.08. The molecule has 0 saturated carbocycles. The third-order valence-electron chi connectivity index (χ3n) is 8.89. The van der Waals surface area contributed by atoms with E-state index in [0.29, 0.717) is 5.92 Å². The van der Waals surface area contributed by atoms with Crippen LogP contribution in [-0.4, -0.2) is 0 Å². The normalized spacial score (nSPS) is 18.0. The highest BCUT2D eigenvalue weighted by Gasteiger charge is 2.41. The number of allylic oxidation sites excluding steroid dienone is 4. The van der Waals surface area contributed by atoms with Crippen LogP contribution in [0.15, 0.2) is 54.1 Å². The van der Waals surface area contributed by atoms with Gasteiger partial charge in [-0.25, -0.2) is 0 Å². The Labute approximate surface area is 215 Å². The number of rotatable bonds is 4. The van der Waals surface area contributed by atoms with Crippen LogP contribution in [0.5, 0.6) is 0 Å². The molecule has 0 saturated heterocycles. The molecule has 0 aliphatic heterocycles.